The molecule has 62 heavy (non-hydrogen) atoms. The second kappa shape index (κ2) is 16.2. The third-order valence-electron chi connectivity index (χ3n) is 11.7. The van der Waals surface area contributed by atoms with E-state index in [9.17, 15) is 43.5 Å². The van der Waals surface area contributed by atoms with Gasteiger partial charge in [0.15, 0.2) is 35.8 Å². The molecule has 2 aliphatic heterocycles. The zero-order valence-electron chi connectivity index (χ0n) is 34.9. The van der Waals surface area contributed by atoms with Gasteiger partial charge in [0.2, 0.25) is 5.60 Å². The molecule has 0 aromatic carbocycles. The van der Waals surface area contributed by atoms with Crippen LogP contribution in [0.3, 0.4) is 0 Å². The molecule has 2 aromatic rings. The van der Waals surface area contributed by atoms with E-state index in [-0.39, 0.29) is 23.2 Å². The van der Waals surface area contributed by atoms with Gasteiger partial charge in [-0.3, -0.25) is 33.8 Å². The molecule has 21 heteroatoms. The number of aromatic nitrogens is 1. The lowest BCUT2D eigenvalue weighted by Crippen LogP contribution is -2.88. The second-order valence-electron chi connectivity index (χ2n) is 16.2. The number of aliphatic hydroxyl groups is 1. The molecule has 0 unspecified atom stereocenters. The van der Waals surface area contributed by atoms with Crippen molar-refractivity contribution < 1.29 is 95.3 Å². The first kappa shape index (κ1) is 45.3. The van der Waals surface area contributed by atoms with Crippen LogP contribution in [0, 0.1) is 11.3 Å². The highest BCUT2D eigenvalue weighted by molar-refractivity contribution is 5.94. The maximum atomic E-state index is 15.3. The number of hydrogen-bond acceptors (Lipinski definition) is 21. The number of nitrogens with zero attached hydrogens (tertiary/aromatic N) is 1. The SMILES string of the molecule is CC(=O)OC[C@]12[C@H](OC(C)=O)C(=O)[C@@H]3[C@@H](OC(C)=O)[C@@]14O[C@@]3(C)COC(=O)c1cccnc1CC[C@](C)(OC(C)=O)C(=O)O[C@@H]([C@H](OC(=O)c1ccoc1)[C@@H]2OC(C)=O)[C@]4(C)O. The van der Waals surface area contributed by atoms with Crippen molar-refractivity contribution in [1.82, 2.24) is 4.98 Å². The smallest absolute Gasteiger partial charge is 0.350 e. The van der Waals surface area contributed by atoms with E-state index in [1.54, 1.807) is 0 Å². The van der Waals surface area contributed by atoms with Crippen LogP contribution in [0.15, 0.2) is 41.3 Å². The Bertz CT molecular complexity index is 2200. The fraction of sp³-hybridized carbons (Fsp3) is 0.561. The number of Topliss-reactive ketones (excluding diaryl/α,β-unsaturated/α-hetero) is 1. The quantitative estimate of drug-likeness (QED) is 0.287. The van der Waals surface area contributed by atoms with Gasteiger partial charge in [0.05, 0.1) is 29.0 Å². The Morgan fingerprint density at radius 3 is 2.11 bits per heavy atom. The molecule has 334 valence electrons. The van der Waals surface area contributed by atoms with Crippen molar-refractivity contribution >= 4 is 53.5 Å². The number of cyclic esters (lactones) is 1. The fourth-order valence-electron chi connectivity index (χ4n) is 9.38. The zero-order chi connectivity index (χ0) is 45.7. The lowest BCUT2D eigenvalue weighted by Gasteiger charge is -2.66. The molecule has 2 aliphatic carbocycles. The molecule has 21 nitrogen and oxygen atoms in total. The number of carbonyl (C=O) groups is 9. The minimum absolute atomic E-state index is 0.0603. The van der Waals surface area contributed by atoms with Crippen molar-refractivity contribution in [2.24, 2.45) is 11.3 Å². The average Bonchev–Trinajstić information content (AvgIpc) is 3.79. The summed E-state index contributed by atoms with van der Waals surface area (Å²) in [6, 6.07) is 3.95. The van der Waals surface area contributed by atoms with Crippen LogP contribution in [-0.4, -0.2) is 130 Å². The molecule has 4 heterocycles. The summed E-state index contributed by atoms with van der Waals surface area (Å²) in [5.41, 5.74) is -13.6. The van der Waals surface area contributed by atoms with Crippen LogP contribution in [0.1, 0.15) is 88.2 Å². The van der Waals surface area contributed by atoms with Crippen molar-refractivity contribution in [3.8, 4) is 0 Å². The number of pyridine rings is 1. The van der Waals surface area contributed by atoms with E-state index in [2.05, 4.69) is 4.98 Å². The Kier molecular flexibility index (Phi) is 11.9. The van der Waals surface area contributed by atoms with Crippen LogP contribution in [0.2, 0.25) is 0 Å². The molecule has 0 radical (unpaired) electrons. The van der Waals surface area contributed by atoms with Gasteiger partial charge >= 0.3 is 47.8 Å². The lowest BCUT2D eigenvalue weighted by atomic mass is 9.45. The van der Waals surface area contributed by atoms with Crippen LogP contribution in [0.4, 0.5) is 0 Å². The molecule has 4 aliphatic rings. The Balaban J connectivity index is 1.77. The van der Waals surface area contributed by atoms with Crippen LogP contribution in [0.25, 0.3) is 0 Å². The van der Waals surface area contributed by atoms with Crippen molar-refractivity contribution in [2.45, 2.75) is 121 Å². The average molecular weight is 872 g/mol. The summed E-state index contributed by atoms with van der Waals surface area (Å²) >= 11 is 0. The van der Waals surface area contributed by atoms with Crippen LogP contribution >= 0.6 is 0 Å². The molecule has 1 N–H and O–H groups in total. The van der Waals surface area contributed by atoms with Gasteiger partial charge in [-0.2, -0.15) is 0 Å². The highest BCUT2D eigenvalue weighted by Gasteiger charge is 2.91. The van der Waals surface area contributed by atoms with Crippen molar-refractivity contribution in [1.29, 1.82) is 0 Å². The first-order chi connectivity index (χ1) is 29.0. The molecule has 2 saturated carbocycles. The zero-order valence-corrected chi connectivity index (χ0v) is 34.9. The number of esters is 8. The summed E-state index contributed by atoms with van der Waals surface area (Å²) in [5.74, 6) is -12.1. The van der Waals surface area contributed by atoms with Crippen LogP contribution < -0.4 is 0 Å². The van der Waals surface area contributed by atoms with Gasteiger partial charge in [0.25, 0.3) is 0 Å². The molecule has 0 amide bonds. The standard InChI is InChI=1S/C41H45NO20/c1-19(43)54-18-40-31(57-21(3)45)28(48)27-30(56-20(2)44)41(40)39(8,52)32(29(33(40)58-22(4)46)59-34(49)24-12-15-53-16-24)60-36(51)37(6,61-23(5)47)13-11-26-25(10-9-14-42-26)35(50)55-17-38(27,7)62-41/h9-10,12,14-16,27,29-33,52H,11,13,17-18H2,1-8H3/t27-,29+,30-,31-,32+,33+,37+,38+,39+,40-,41+/m1/s1. The van der Waals surface area contributed by atoms with Gasteiger partial charge in [-0.05, 0) is 45.4 Å². The monoisotopic (exact) mass is 871 g/mol. The van der Waals surface area contributed by atoms with Crippen molar-refractivity contribution in [3.63, 3.8) is 0 Å². The Morgan fingerprint density at radius 1 is 0.855 bits per heavy atom. The van der Waals surface area contributed by atoms with Crippen molar-refractivity contribution in [2.75, 3.05) is 13.2 Å². The molecule has 1 saturated heterocycles. The minimum atomic E-state index is -3.04. The number of ether oxygens (including phenoxy) is 9. The van der Waals surface area contributed by atoms with E-state index in [0.717, 1.165) is 61.0 Å². The van der Waals surface area contributed by atoms with E-state index in [0.29, 0.717) is 0 Å². The van der Waals surface area contributed by atoms with Gasteiger partial charge in [-0.15, -0.1) is 0 Å². The van der Waals surface area contributed by atoms with Gasteiger partial charge in [0, 0.05) is 47.2 Å². The number of hydrogen-bond donors (Lipinski definition) is 1. The van der Waals surface area contributed by atoms with Gasteiger partial charge in [-0.25, -0.2) is 14.4 Å². The molecule has 3 fully saturated rings. The Hall–Kier alpha value is -6.22. The summed E-state index contributed by atoms with van der Waals surface area (Å²) < 4.78 is 58.6. The maximum Gasteiger partial charge on any atom is 0.350 e. The summed E-state index contributed by atoms with van der Waals surface area (Å²) in [7, 11) is 0. The first-order valence-electron chi connectivity index (χ1n) is 19.3. The van der Waals surface area contributed by atoms with E-state index in [4.69, 9.17) is 47.0 Å². The normalized spacial score (nSPS) is 35.1. The van der Waals surface area contributed by atoms with Gasteiger partial charge < -0.3 is 52.2 Å². The number of aryl methyl sites for hydroxylation is 1. The Labute approximate surface area is 352 Å². The van der Waals surface area contributed by atoms with Crippen LogP contribution in [0.5, 0.6) is 0 Å². The molecule has 6 rings (SSSR count). The first-order valence-corrected chi connectivity index (χ1v) is 19.3. The molecule has 11 atom stereocenters. The summed E-state index contributed by atoms with van der Waals surface area (Å²) in [6.07, 6.45) is -8.63. The predicted molar refractivity (Wildman–Crippen MR) is 198 cm³/mol. The molecular weight excluding hydrogens is 826 g/mol. The third kappa shape index (κ3) is 7.35. The lowest BCUT2D eigenvalue weighted by molar-refractivity contribution is -0.376. The number of furan rings is 1. The number of fused-ring (bicyclic) bond motifs is 5. The number of rotatable bonds is 8. The number of carbonyl (C=O) groups excluding carboxylic acids is 9. The molecular formula is C41H45NO20. The minimum Gasteiger partial charge on any atom is -0.472 e. The summed E-state index contributed by atoms with van der Waals surface area (Å²) in [4.78, 5) is 128. The van der Waals surface area contributed by atoms with E-state index >= 15 is 4.79 Å². The predicted octanol–water partition coefficient (Wildman–Crippen LogP) is 1.07. The molecule has 4 bridgehead atoms. The van der Waals surface area contributed by atoms with Gasteiger partial charge in [0.1, 0.15) is 42.2 Å². The van der Waals surface area contributed by atoms with Crippen molar-refractivity contribution in [3.05, 3.63) is 53.7 Å². The van der Waals surface area contributed by atoms with E-state index in [1.165, 1.54) is 31.3 Å². The third-order valence-corrected chi connectivity index (χ3v) is 11.7. The molecule has 1 spiro atoms. The summed E-state index contributed by atoms with van der Waals surface area (Å²) in [6.45, 7) is 6.02. The van der Waals surface area contributed by atoms with E-state index < -0.39 is 137 Å². The highest BCUT2D eigenvalue weighted by Crippen LogP contribution is 2.69. The fourth-order valence-corrected chi connectivity index (χ4v) is 9.38. The largest absolute Gasteiger partial charge is 0.472 e. The number of ketones is 1. The second-order valence-corrected chi connectivity index (χ2v) is 16.2. The maximum absolute atomic E-state index is 15.3. The summed E-state index contributed by atoms with van der Waals surface area (Å²) in [5, 5.41) is 13.6. The Morgan fingerprint density at radius 2 is 1.52 bits per heavy atom. The van der Waals surface area contributed by atoms with E-state index in [1.807, 2.05) is 0 Å². The van der Waals surface area contributed by atoms with Crippen LogP contribution in [-0.2, 0) is 82.6 Å². The highest BCUT2D eigenvalue weighted by atomic mass is 16.7. The van der Waals surface area contributed by atoms with Gasteiger partial charge in [-0.1, -0.05) is 0 Å². The topological polar surface area (TPSA) is 283 Å². The molecule has 2 aromatic heterocycles.